The molecule has 1 amide bonds. The minimum absolute atomic E-state index is 0.0413. The molecule has 0 fully saturated rings. The lowest BCUT2D eigenvalue weighted by molar-refractivity contribution is -0.138. The number of amides is 1. The van der Waals surface area contributed by atoms with Gasteiger partial charge >= 0.3 is 5.97 Å². The van der Waals surface area contributed by atoms with Gasteiger partial charge < -0.3 is 15.4 Å². The van der Waals surface area contributed by atoms with Gasteiger partial charge in [0, 0.05) is 17.3 Å². The standard InChI is InChI=1S/C26H24ClN3O3S/c1-3-13-33-26(32)23-17(2)30-25(20(14-28)24(23)19-11-7-8-12-21(19)27)34-16-22(31)29-15-18-9-5-4-6-10-18/h3-12,24,30H,1,13,15-16H2,2H3,(H,29,31)/t24-/m0/s1. The summed E-state index contributed by atoms with van der Waals surface area (Å²) in [6.07, 6.45) is 1.48. The Hall–Kier alpha value is -3.47. The second-order valence-electron chi connectivity index (χ2n) is 7.41. The predicted molar refractivity (Wildman–Crippen MR) is 135 cm³/mol. The van der Waals surface area contributed by atoms with Crippen molar-refractivity contribution in [1.29, 1.82) is 5.26 Å². The number of nitrogens with one attached hydrogen (secondary N) is 2. The van der Waals surface area contributed by atoms with Crippen LogP contribution >= 0.6 is 23.4 Å². The zero-order valence-corrected chi connectivity index (χ0v) is 20.2. The second kappa shape index (κ2) is 12.1. The van der Waals surface area contributed by atoms with Crippen LogP contribution in [0.1, 0.15) is 24.0 Å². The first kappa shape index (κ1) is 25.2. The predicted octanol–water partition coefficient (Wildman–Crippen LogP) is 4.81. The molecule has 3 rings (SSSR count). The Balaban J connectivity index is 1.86. The molecule has 2 aromatic carbocycles. The highest BCUT2D eigenvalue weighted by atomic mass is 35.5. The lowest BCUT2D eigenvalue weighted by Crippen LogP contribution is -2.30. The fourth-order valence-corrected chi connectivity index (χ4v) is 4.68. The smallest absolute Gasteiger partial charge is 0.337 e. The molecule has 0 unspecified atom stereocenters. The third kappa shape index (κ3) is 6.10. The van der Waals surface area contributed by atoms with Crippen LogP contribution in [-0.2, 0) is 20.9 Å². The molecule has 6 nitrogen and oxygen atoms in total. The van der Waals surface area contributed by atoms with Gasteiger partial charge in [-0.25, -0.2) is 4.79 Å². The summed E-state index contributed by atoms with van der Waals surface area (Å²) < 4.78 is 5.29. The molecule has 0 bridgehead atoms. The van der Waals surface area contributed by atoms with Crippen LogP contribution in [0, 0.1) is 11.3 Å². The highest BCUT2D eigenvalue weighted by Crippen LogP contribution is 2.43. The van der Waals surface area contributed by atoms with E-state index in [9.17, 15) is 14.9 Å². The normalized spacial score (nSPS) is 15.3. The summed E-state index contributed by atoms with van der Waals surface area (Å²) in [4.78, 5) is 25.4. The van der Waals surface area contributed by atoms with E-state index in [0.29, 0.717) is 39.0 Å². The quantitative estimate of drug-likeness (QED) is 0.384. The maximum absolute atomic E-state index is 12.9. The first-order valence-corrected chi connectivity index (χ1v) is 11.9. The fourth-order valence-electron chi connectivity index (χ4n) is 3.51. The highest BCUT2D eigenvalue weighted by Gasteiger charge is 2.36. The van der Waals surface area contributed by atoms with Crippen LogP contribution in [0.25, 0.3) is 0 Å². The molecule has 34 heavy (non-hydrogen) atoms. The van der Waals surface area contributed by atoms with Crippen LogP contribution in [0.4, 0.5) is 0 Å². The number of allylic oxidation sites excluding steroid dienone is 2. The van der Waals surface area contributed by atoms with E-state index in [1.54, 1.807) is 31.2 Å². The lowest BCUT2D eigenvalue weighted by atomic mass is 9.82. The summed E-state index contributed by atoms with van der Waals surface area (Å²) in [5, 5.41) is 17.0. The number of rotatable bonds is 9. The van der Waals surface area contributed by atoms with Crippen LogP contribution in [0.5, 0.6) is 0 Å². The molecule has 0 aliphatic carbocycles. The molecule has 0 saturated carbocycles. The van der Waals surface area contributed by atoms with E-state index in [1.165, 1.54) is 17.8 Å². The van der Waals surface area contributed by atoms with Crippen molar-refractivity contribution in [3.8, 4) is 6.07 Å². The minimum Gasteiger partial charge on any atom is -0.458 e. The number of nitriles is 1. The number of hydrogen-bond acceptors (Lipinski definition) is 6. The SMILES string of the molecule is C=CCOC(=O)C1=C(C)NC(SCC(=O)NCc2ccccc2)=C(C#N)[C@@H]1c1ccccc1Cl. The molecular weight excluding hydrogens is 470 g/mol. The van der Waals surface area contributed by atoms with Gasteiger partial charge in [-0.05, 0) is 24.1 Å². The third-order valence-corrected chi connectivity index (χ3v) is 6.46. The molecule has 0 spiro atoms. The average molecular weight is 494 g/mol. The van der Waals surface area contributed by atoms with Gasteiger partial charge in [0.1, 0.15) is 6.61 Å². The number of hydrogen-bond donors (Lipinski definition) is 2. The number of nitrogens with zero attached hydrogens (tertiary/aromatic N) is 1. The molecule has 0 radical (unpaired) electrons. The second-order valence-corrected chi connectivity index (χ2v) is 8.80. The molecular formula is C26H24ClN3O3S. The minimum atomic E-state index is -0.729. The molecule has 1 heterocycles. The maximum atomic E-state index is 12.9. The Labute approximate surface area is 208 Å². The number of carbonyl (C=O) groups excluding carboxylic acids is 2. The molecule has 2 N–H and O–H groups in total. The van der Waals surface area contributed by atoms with Crippen LogP contribution in [0.15, 0.2) is 89.1 Å². The molecule has 1 aliphatic rings. The van der Waals surface area contributed by atoms with Gasteiger partial charge in [0.15, 0.2) is 0 Å². The number of dihydropyridines is 1. The summed E-state index contributed by atoms with van der Waals surface area (Å²) in [7, 11) is 0. The summed E-state index contributed by atoms with van der Waals surface area (Å²) in [5.74, 6) is -1.37. The van der Waals surface area contributed by atoms with E-state index in [2.05, 4.69) is 23.3 Å². The highest BCUT2D eigenvalue weighted by molar-refractivity contribution is 8.03. The Bertz CT molecular complexity index is 1190. The molecule has 0 saturated heterocycles. The number of benzene rings is 2. The molecule has 0 aromatic heterocycles. The molecule has 1 aliphatic heterocycles. The van der Waals surface area contributed by atoms with Gasteiger partial charge in [-0.1, -0.05) is 84.5 Å². The Morgan fingerprint density at radius 3 is 2.62 bits per heavy atom. The monoisotopic (exact) mass is 493 g/mol. The van der Waals surface area contributed by atoms with Crippen molar-refractivity contribution < 1.29 is 14.3 Å². The van der Waals surface area contributed by atoms with E-state index in [4.69, 9.17) is 16.3 Å². The molecule has 8 heteroatoms. The van der Waals surface area contributed by atoms with Gasteiger partial charge in [0.05, 0.1) is 33.9 Å². The van der Waals surface area contributed by atoms with Crippen molar-refractivity contribution in [2.24, 2.45) is 0 Å². The van der Waals surface area contributed by atoms with Gasteiger partial charge in [-0.3, -0.25) is 4.79 Å². The van der Waals surface area contributed by atoms with Crippen LogP contribution in [0.2, 0.25) is 5.02 Å². The largest absolute Gasteiger partial charge is 0.458 e. The molecule has 1 atom stereocenters. The number of thioether (sulfide) groups is 1. The number of ether oxygens (including phenoxy) is 1. The summed E-state index contributed by atoms with van der Waals surface area (Å²) in [5.41, 5.74) is 2.73. The number of carbonyl (C=O) groups is 2. The fraction of sp³-hybridized carbons (Fsp3) is 0.192. The van der Waals surface area contributed by atoms with Gasteiger partial charge in [0.25, 0.3) is 0 Å². The van der Waals surface area contributed by atoms with Crippen molar-refractivity contribution in [3.05, 3.63) is 105 Å². The zero-order valence-electron chi connectivity index (χ0n) is 18.6. The van der Waals surface area contributed by atoms with Crippen molar-refractivity contribution in [3.63, 3.8) is 0 Å². The molecule has 174 valence electrons. The Kier molecular flexibility index (Phi) is 8.97. The van der Waals surface area contributed by atoms with E-state index < -0.39 is 11.9 Å². The van der Waals surface area contributed by atoms with Crippen molar-refractivity contribution in [1.82, 2.24) is 10.6 Å². The van der Waals surface area contributed by atoms with E-state index in [0.717, 1.165) is 5.56 Å². The van der Waals surface area contributed by atoms with Crippen molar-refractivity contribution in [2.45, 2.75) is 19.4 Å². The van der Waals surface area contributed by atoms with Crippen molar-refractivity contribution >= 4 is 35.2 Å². The summed E-state index contributed by atoms with van der Waals surface area (Å²) in [6, 6.07) is 18.9. The van der Waals surface area contributed by atoms with E-state index >= 15 is 0 Å². The summed E-state index contributed by atoms with van der Waals surface area (Å²) in [6.45, 7) is 5.76. The first-order valence-electron chi connectivity index (χ1n) is 10.5. The lowest BCUT2D eigenvalue weighted by Gasteiger charge is -2.29. The first-order chi connectivity index (χ1) is 16.5. The Morgan fingerprint density at radius 2 is 1.94 bits per heavy atom. The Morgan fingerprint density at radius 1 is 1.24 bits per heavy atom. The van der Waals surface area contributed by atoms with Gasteiger partial charge in [-0.15, -0.1) is 0 Å². The van der Waals surface area contributed by atoms with Gasteiger partial charge in [-0.2, -0.15) is 5.26 Å². The van der Waals surface area contributed by atoms with Crippen LogP contribution in [0.3, 0.4) is 0 Å². The van der Waals surface area contributed by atoms with E-state index in [1.807, 2.05) is 30.3 Å². The van der Waals surface area contributed by atoms with Crippen LogP contribution < -0.4 is 10.6 Å². The zero-order chi connectivity index (χ0) is 24.5. The van der Waals surface area contributed by atoms with Crippen LogP contribution in [-0.4, -0.2) is 24.2 Å². The average Bonchev–Trinajstić information content (AvgIpc) is 2.85. The number of halogens is 1. The summed E-state index contributed by atoms with van der Waals surface area (Å²) >= 11 is 7.66. The topological polar surface area (TPSA) is 91.2 Å². The number of esters is 1. The third-order valence-electron chi connectivity index (χ3n) is 5.10. The maximum Gasteiger partial charge on any atom is 0.337 e. The van der Waals surface area contributed by atoms with E-state index in [-0.39, 0.29) is 18.3 Å². The van der Waals surface area contributed by atoms with Gasteiger partial charge in [0.2, 0.25) is 5.91 Å². The van der Waals surface area contributed by atoms with Crippen molar-refractivity contribution in [2.75, 3.05) is 12.4 Å². The molecule has 2 aromatic rings.